The van der Waals surface area contributed by atoms with Gasteiger partial charge in [0.2, 0.25) is 0 Å². The van der Waals surface area contributed by atoms with Gasteiger partial charge in [0.1, 0.15) is 0 Å². The summed E-state index contributed by atoms with van der Waals surface area (Å²) in [6, 6.07) is 32.6. The van der Waals surface area contributed by atoms with Gasteiger partial charge in [-0.3, -0.25) is 0 Å². The number of rotatable bonds is 9. The molecule has 0 aliphatic carbocycles. The van der Waals surface area contributed by atoms with Crippen LogP contribution < -0.4 is 85.3 Å². The monoisotopic (exact) mass is 911 g/mol. The second-order valence-electron chi connectivity index (χ2n) is 12.2. The normalized spacial score (nSPS) is 9.53. The van der Waals surface area contributed by atoms with E-state index in [-0.39, 0.29) is 86.8 Å². The molecule has 304 valence electrons. The number of carboxylic acid groups (broad SMARTS) is 3. The Labute approximate surface area is 412 Å². The fourth-order valence-corrected chi connectivity index (χ4v) is 6.09. The topological polar surface area (TPSA) is 217 Å². The Bertz CT molecular complexity index is 2310. The maximum atomic E-state index is 11.1. The fraction of sp³-hybridized carbons (Fsp3) is 0.0930. The first-order chi connectivity index (χ1) is 26.6. The Morgan fingerprint density at radius 1 is 0.467 bits per heavy atom. The molecule has 0 heterocycles. The summed E-state index contributed by atoms with van der Waals surface area (Å²) in [6.07, 6.45) is 0. The molecule has 0 aliphatic rings. The van der Waals surface area contributed by atoms with Crippen LogP contribution in [0.1, 0.15) is 53.3 Å². The summed E-state index contributed by atoms with van der Waals surface area (Å²) in [7, 11) is 0. The van der Waals surface area contributed by atoms with Crippen molar-refractivity contribution in [3.05, 3.63) is 174 Å². The summed E-state index contributed by atoms with van der Waals surface area (Å²) in [5.74, 6) is -3.45. The first kappa shape index (κ1) is 56.2. The molecular weight excluding hydrogens is 874 g/mol. The van der Waals surface area contributed by atoms with E-state index in [4.69, 9.17) is 51.5 Å². The number of carbonyl (C=O) groups excluding carboxylic acids is 2. The number of hydrogen-bond donors (Lipinski definition) is 4. The van der Waals surface area contributed by atoms with Crippen molar-refractivity contribution in [2.75, 3.05) is 16.0 Å². The van der Waals surface area contributed by atoms with Gasteiger partial charge in [0, 0.05) is 28.2 Å². The number of aryl methyl sites for hydroxylation is 3. The first-order valence-electron chi connectivity index (χ1n) is 16.8. The second kappa shape index (κ2) is 26.5. The van der Waals surface area contributed by atoms with Crippen LogP contribution in [0.25, 0.3) is 0 Å². The quantitative estimate of drug-likeness (QED) is 0.157. The van der Waals surface area contributed by atoms with Gasteiger partial charge in [-0.2, -0.15) is 0 Å². The van der Waals surface area contributed by atoms with E-state index in [0.717, 1.165) is 22.4 Å². The number of carboxylic acids is 3. The van der Waals surface area contributed by atoms with Gasteiger partial charge in [-0.25, -0.2) is 4.79 Å². The minimum absolute atomic E-state index is 0. The van der Waals surface area contributed by atoms with Crippen molar-refractivity contribution in [2.45, 2.75) is 27.7 Å². The van der Waals surface area contributed by atoms with Gasteiger partial charge in [0.05, 0.1) is 54.7 Å². The van der Waals surface area contributed by atoms with Crippen molar-refractivity contribution in [1.82, 2.24) is 0 Å². The molecule has 17 heteroatoms. The molecule has 0 saturated carbocycles. The average molecular weight is 914 g/mol. The van der Waals surface area contributed by atoms with Gasteiger partial charge in [0.25, 0.3) is 0 Å². The summed E-state index contributed by atoms with van der Waals surface area (Å²) in [4.78, 5) is 33.2. The predicted octanol–water partition coefficient (Wildman–Crippen LogP) is 2.92. The van der Waals surface area contributed by atoms with Crippen LogP contribution in [-0.4, -0.2) is 34.0 Å². The fourth-order valence-electron chi connectivity index (χ4n) is 5.16. The van der Waals surface area contributed by atoms with E-state index in [1.54, 1.807) is 78.9 Å². The van der Waals surface area contributed by atoms with Crippen LogP contribution in [0, 0.1) is 27.7 Å². The third kappa shape index (κ3) is 15.0. The molecular formula is C43H39Cl4N3Na2O8. The third-order valence-electron chi connectivity index (χ3n) is 8.41. The zero-order chi connectivity index (χ0) is 41.1. The van der Waals surface area contributed by atoms with Crippen LogP contribution in [0.5, 0.6) is 0 Å². The second-order valence-corrected chi connectivity index (χ2v) is 13.8. The molecule has 6 aromatic carbocycles. The summed E-state index contributed by atoms with van der Waals surface area (Å²) in [6.45, 7) is 7.73. The summed E-state index contributed by atoms with van der Waals surface area (Å²) in [5, 5.41) is 42.0. The number of hydrogen-bond acceptors (Lipinski definition) is 8. The molecule has 0 amide bonds. The molecule has 6 rings (SSSR count). The zero-order valence-corrected chi connectivity index (χ0v) is 40.5. The molecule has 0 aromatic heterocycles. The van der Waals surface area contributed by atoms with Crippen molar-refractivity contribution in [1.29, 1.82) is 0 Å². The molecule has 11 nitrogen and oxygen atoms in total. The van der Waals surface area contributed by atoms with E-state index in [1.165, 1.54) is 17.7 Å². The number of para-hydroxylation sites is 3. The summed E-state index contributed by atoms with van der Waals surface area (Å²) in [5.41, 5.74) is 7.65. The summed E-state index contributed by atoms with van der Waals surface area (Å²) < 4.78 is 0. The molecule has 0 radical (unpaired) electrons. The average Bonchev–Trinajstić information content (AvgIpc) is 3.17. The molecule has 0 bridgehead atoms. The van der Waals surface area contributed by atoms with Gasteiger partial charge in [-0.05, 0) is 92.4 Å². The van der Waals surface area contributed by atoms with E-state index < -0.39 is 17.9 Å². The van der Waals surface area contributed by atoms with E-state index in [1.807, 2.05) is 52.0 Å². The number of benzene rings is 6. The van der Waals surface area contributed by atoms with E-state index in [0.29, 0.717) is 48.5 Å². The number of nitrogens with one attached hydrogen (secondary N) is 3. The smallest absolute Gasteiger partial charge is 0.545 e. The van der Waals surface area contributed by atoms with Crippen LogP contribution in [0.2, 0.25) is 20.1 Å². The molecule has 0 fully saturated rings. The number of carbonyl (C=O) groups is 3. The van der Waals surface area contributed by atoms with Gasteiger partial charge < -0.3 is 51.8 Å². The Morgan fingerprint density at radius 3 is 1.20 bits per heavy atom. The van der Waals surface area contributed by atoms with Gasteiger partial charge in [0.15, 0.2) is 0 Å². The molecule has 6 aromatic rings. The van der Waals surface area contributed by atoms with Crippen LogP contribution in [-0.2, 0) is 0 Å². The Hall–Kier alpha value is -3.79. The molecule has 0 spiro atoms. The molecule has 8 N–H and O–H groups in total. The van der Waals surface area contributed by atoms with E-state index >= 15 is 0 Å². The van der Waals surface area contributed by atoms with Crippen molar-refractivity contribution < 1.29 is 99.8 Å². The Kier molecular flexibility index (Phi) is 24.8. The minimum Gasteiger partial charge on any atom is -0.545 e. The molecule has 0 unspecified atom stereocenters. The molecule has 60 heavy (non-hydrogen) atoms. The zero-order valence-electron chi connectivity index (χ0n) is 33.5. The number of halogens is 4. The SMILES string of the molecule is Cc1ccc(Cl)c(Nc2ccccc2C(=O)[O-])c1Cl.Cc1ccc(Cl)c(Nc2ccccc2C(=O)[O-])c1Cl.Cc1cccc(Nc2ccccc2C(=O)O)c1C.O.O.[Na+].[Na+]. The van der Waals surface area contributed by atoms with E-state index in [2.05, 4.69) is 16.0 Å². The minimum atomic E-state index is -1.26. The number of anilines is 6. The predicted molar refractivity (Wildman–Crippen MR) is 230 cm³/mol. The molecule has 0 atom stereocenters. The molecule has 0 aliphatic heterocycles. The standard InChI is InChI=1S/C15H15NO2.2C14H11Cl2NO2.2Na.2H2O/c1-10-6-5-9-13(11(10)2)16-14-8-4-3-7-12(14)15(17)18;2*1-8-6-7-10(15)13(12(8)16)17-11-5-3-2-4-9(11)14(18)19;;;;/h3-9,16H,1-2H3,(H,17,18);2*2-7,17H,1H3,(H,18,19);;;2*1H2/q;;;2*+1;;/p-2. The van der Waals surface area contributed by atoms with Crippen molar-refractivity contribution in [2.24, 2.45) is 0 Å². The van der Waals surface area contributed by atoms with Crippen LogP contribution in [0.15, 0.2) is 115 Å². The largest absolute Gasteiger partial charge is 1.00 e. The van der Waals surface area contributed by atoms with Crippen molar-refractivity contribution in [3.63, 3.8) is 0 Å². The van der Waals surface area contributed by atoms with Gasteiger partial charge >= 0.3 is 65.1 Å². The third-order valence-corrected chi connectivity index (χ3v) is 10.0. The van der Waals surface area contributed by atoms with Crippen LogP contribution >= 0.6 is 46.4 Å². The maximum Gasteiger partial charge on any atom is 1.00 e. The van der Waals surface area contributed by atoms with Gasteiger partial charge in [-0.1, -0.05) is 119 Å². The molecule has 0 saturated heterocycles. The van der Waals surface area contributed by atoms with Crippen molar-refractivity contribution in [3.8, 4) is 0 Å². The summed E-state index contributed by atoms with van der Waals surface area (Å²) >= 11 is 24.5. The first-order valence-corrected chi connectivity index (χ1v) is 18.3. The van der Waals surface area contributed by atoms with Crippen LogP contribution in [0.4, 0.5) is 34.1 Å². The van der Waals surface area contributed by atoms with Crippen molar-refractivity contribution >= 4 is 98.4 Å². The van der Waals surface area contributed by atoms with Gasteiger partial charge in [-0.15, -0.1) is 0 Å². The van der Waals surface area contributed by atoms with Crippen LogP contribution in [0.3, 0.4) is 0 Å². The number of aromatic carboxylic acids is 3. The Balaban J connectivity index is 0.000000843. The van der Waals surface area contributed by atoms with E-state index in [9.17, 15) is 24.6 Å². The Morgan fingerprint density at radius 2 is 0.817 bits per heavy atom. The maximum absolute atomic E-state index is 11.1.